The molecular formula is C20H24N2O4S2. The number of sulfonamides is 1. The van der Waals surface area contributed by atoms with E-state index in [9.17, 15) is 13.2 Å². The Hall–Kier alpha value is -2.19. The Labute approximate surface area is 170 Å². The van der Waals surface area contributed by atoms with Gasteiger partial charge < -0.3 is 9.64 Å². The zero-order valence-corrected chi connectivity index (χ0v) is 17.6. The highest BCUT2D eigenvalue weighted by Crippen LogP contribution is 2.27. The first-order valence-corrected chi connectivity index (χ1v) is 11.8. The van der Waals surface area contributed by atoms with Crippen LogP contribution in [0.5, 0.6) is 5.75 Å². The summed E-state index contributed by atoms with van der Waals surface area (Å²) in [7, 11) is -2.27. The SMILES string of the molecule is COc1ccc(NS(=O)(=O)c2ccc(SC)c(C(=O)N3CCCCC3)c2)cc1. The van der Waals surface area contributed by atoms with E-state index in [1.807, 2.05) is 11.2 Å². The summed E-state index contributed by atoms with van der Waals surface area (Å²) in [5.41, 5.74) is 0.866. The number of hydrogen-bond donors (Lipinski definition) is 1. The largest absolute Gasteiger partial charge is 0.497 e. The summed E-state index contributed by atoms with van der Waals surface area (Å²) in [5.74, 6) is 0.534. The second-order valence-electron chi connectivity index (χ2n) is 6.55. The van der Waals surface area contributed by atoms with Crippen molar-refractivity contribution >= 4 is 33.4 Å². The molecule has 0 unspecified atom stereocenters. The molecular weight excluding hydrogens is 396 g/mol. The molecule has 0 aromatic heterocycles. The summed E-state index contributed by atoms with van der Waals surface area (Å²) in [6.07, 6.45) is 4.97. The van der Waals surface area contributed by atoms with Gasteiger partial charge in [-0.1, -0.05) is 0 Å². The molecule has 150 valence electrons. The summed E-state index contributed by atoms with van der Waals surface area (Å²) in [6, 6.07) is 11.3. The Morgan fingerprint density at radius 3 is 2.36 bits per heavy atom. The second kappa shape index (κ2) is 8.87. The molecule has 8 heteroatoms. The average molecular weight is 421 g/mol. The number of piperidine rings is 1. The van der Waals surface area contributed by atoms with Crippen molar-refractivity contribution < 1.29 is 17.9 Å². The van der Waals surface area contributed by atoms with Crippen LogP contribution >= 0.6 is 11.8 Å². The number of benzene rings is 2. The van der Waals surface area contributed by atoms with Crippen LogP contribution in [-0.4, -0.2) is 45.7 Å². The van der Waals surface area contributed by atoms with Gasteiger partial charge in [-0.05, 0) is 68.0 Å². The van der Waals surface area contributed by atoms with Crippen molar-refractivity contribution in [1.29, 1.82) is 0 Å². The van der Waals surface area contributed by atoms with Crippen LogP contribution in [0.3, 0.4) is 0 Å². The monoisotopic (exact) mass is 420 g/mol. The Bertz CT molecular complexity index is 937. The number of nitrogens with zero attached hydrogens (tertiary/aromatic N) is 1. The molecule has 1 amide bonds. The maximum atomic E-state index is 13.0. The number of amides is 1. The highest BCUT2D eigenvalue weighted by molar-refractivity contribution is 7.98. The van der Waals surface area contributed by atoms with Gasteiger partial charge in [0.2, 0.25) is 0 Å². The predicted molar refractivity (Wildman–Crippen MR) is 112 cm³/mol. The molecule has 0 saturated carbocycles. The van der Waals surface area contributed by atoms with Crippen molar-refractivity contribution in [3.05, 3.63) is 48.0 Å². The number of nitrogens with one attached hydrogen (secondary N) is 1. The number of anilines is 1. The third-order valence-corrected chi connectivity index (χ3v) is 6.87. The van der Waals surface area contributed by atoms with E-state index < -0.39 is 10.0 Å². The van der Waals surface area contributed by atoms with Gasteiger partial charge >= 0.3 is 0 Å². The number of methoxy groups -OCH3 is 1. The summed E-state index contributed by atoms with van der Waals surface area (Å²) in [4.78, 5) is 15.6. The zero-order chi connectivity index (χ0) is 20.1. The minimum atomic E-state index is -3.82. The molecule has 1 aliphatic heterocycles. The van der Waals surface area contributed by atoms with Crippen LogP contribution in [-0.2, 0) is 10.0 Å². The van der Waals surface area contributed by atoms with Gasteiger partial charge in [-0.15, -0.1) is 11.8 Å². The Morgan fingerprint density at radius 2 is 1.75 bits per heavy atom. The topological polar surface area (TPSA) is 75.7 Å². The van der Waals surface area contributed by atoms with Crippen molar-refractivity contribution in [1.82, 2.24) is 4.90 Å². The van der Waals surface area contributed by atoms with Crippen LogP contribution in [0.25, 0.3) is 0 Å². The fourth-order valence-electron chi connectivity index (χ4n) is 3.16. The number of carbonyl (C=O) groups excluding carboxylic acids is 1. The quantitative estimate of drug-likeness (QED) is 0.719. The lowest BCUT2D eigenvalue weighted by Gasteiger charge is -2.27. The lowest BCUT2D eigenvalue weighted by atomic mass is 10.1. The van der Waals surface area contributed by atoms with Crippen LogP contribution in [0.4, 0.5) is 5.69 Å². The van der Waals surface area contributed by atoms with Crippen molar-refractivity contribution in [2.45, 2.75) is 29.1 Å². The highest BCUT2D eigenvalue weighted by atomic mass is 32.2. The Morgan fingerprint density at radius 1 is 1.07 bits per heavy atom. The smallest absolute Gasteiger partial charge is 0.261 e. The van der Waals surface area contributed by atoms with E-state index in [4.69, 9.17) is 4.74 Å². The van der Waals surface area contributed by atoms with Gasteiger partial charge in [0.1, 0.15) is 5.75 Å². The van der Waals surface area contributed by atoms with Crippen LogP contribution in [0, 0.1) is 0 Å². The van der Waals surface area contributed by atoms with E-state index in [0.29, 0.717) is 30.1 Å². The third-order valence-electron chi connectivity index (χ3n) is 4.70. The van der Waals surface area contributed by atoms with E-state index in [2.05, 4.69) is 4.72 Å². The normalized spacial score (nSPS) is 14.6. The van der Waals surface area contributed by atoms with E-state index in [-0.39, 0.29) is 10.8 Å². The van der Waals surface area contributed by atoms with Crippen LogP contribution in [0.2, 0.25) is 0 Å². The second-order valence-corrected chi connectivity index (χ2v) is 9.08. The fraction of sp³-hybridized carbons (Fsp3) is 0.350. The van der Waals surface area contributed by atoms with Gasteiger partial charge in [-0.25, -0.2) is 8.42 Å². The Balaban J connectivity index is 1.89. The molecule has 0 spiro atoms. The molecule has 0 atom stereocenters. The molecule has 2 aromatic carbocycles. The fourth-order valence-corrected chi connectivity index (χ4v) is 4.82. The summed E-state index contributed by atoms with van der Waals surface area (Å²) in [5, 5.41) is 0. The zero-order valence-electron chi connectivity index (χ0n) is 16.0. The first-order chi connectivity index (χ1) is 13.4. The van der Waals surface area contributed by atoms with Gasteiger partial charge in [0.15, 0.2) is 0 Å². The molecule has 0 aliphatic carbocycles. The average Bonchev–Trinajstić information content (AvgIpc) is 2.73. The lowest BCUT2D eigenvalue weighted by Crippen LogP contribution is -2.36. The van der Waals surface area contributed by atoms with Gasteiger partial charge in [-0.2, -0.15) is 0 Å². The molecule has 1 aliphatic rings. The molecule has 2 aromatic rings. The number of ether oxygens (including phenoxy) is 1. The standard InChI is InChI=1S/C20H24N2O4S2/c1-26-16-8-6-15(7-9-16)21-28(24,25)17-10-11-19(27-2)18(14-17)20(23)22-12-4-3-5-13-22/h6-11,14,21H,3-5,12-13H2,1-2H3. The van der Waals surface area contributed by atoms with Gasteiger partial charge in [0.05, 0.1) is 17.6 Å². The van der Waals surface area contributed by atoms with Gasteiger partial charge in [0, 0.05) is 23.7 Å². The Kier molecular flexibility index (Phi) is 6.51. The van der Waals surface area contributed by atoms with Crippen LogP contribution < -0.4 is 9.46 Å². The van der Waals surface area contributed by atoms with E-state index in [0.717, 1.165) is 24.2 Å². The minimum absolute atomic E-state index is 0.0708. The molecule has 3 rings (SSSR count). The maximum absolute atomic E-state index is 13.0. The molecule has 1 N–H and O–H groups in total. The van der Waals surface area contributed by atoms with Crippen molar-refractivity contribution in [2.24, 2.45) is 0 Å². The predicted octanol–water partition coefficient (Wildman–Crippen LogP) is 3.84. The summed E-state index contributed by atoms with van der Waals surface area (Å²) >= 11 is 1.44. The molecule has 1 heterocycles. The highest BCUT2D eigenvalue weighted by Gasteiger charge is 2.24. The number of carbonyl (C=O) groups is 1. The van der Waals surface area contributed by atoms with E-state index in [1.165, 1.54) is 23.9 Å². The van der Waals surface area contributed by atoms with Crippen LogP contribution in [0.15, 0.2) is 52.3 Å². The molecule has 1 fully saturated rings. The lowest BCUT2D eigenvalue weighted by molar-refractivity contribution is 0.0720. The van der Waals surface area contributed by atoms with Crippen molar-refractivity contribution in [3.8, 4) is 5.75 Å². The number of rotatable bonds is 6. The molecule has 28 heavy (non-hydrogen) atoms. The number of thioether (sulfide) groups is 1. The molecule has 0 radical (unpaired) electrons. The molecule has 1 saturated heterocycles. The van der Waals surface area contributed by atoms with E-state index in [1.54, 1.807) is 37.4 Å². The van der Waals surface area contributed by atoms with E-state index >= 15 is 0 Å². The maximum Gasteiger partial charge on any atom is 0.261 e. The van der Waals surface area contributed by atoms with Crippen LogP contribution in [0.1, 0.15) is 29.6 Å². The number of likely N-dealkylation sites (tertiary alicyclic amines) is 1. The molecule has 6 nitrogen and oxygen atoms in total. The van der Waals surface area contributed by atoms with Gasteiger partial charge in [0.25, 0.3) is 15.9 Å². The first kappa shape index (κ1) is 20.5. The summed E-state index contributed by atoms with van der Waals surface area (Å²) < 4.78 is 33.3. The number of hydrogen-bond acceptors (Lipinski definition) is 5. The summed E-state index contributed by atoms with van der Waals surface area (Å²) in [6.45, 7) is 1.43. The van der Waals surface area contributed by atoms with Crippen molar-refractivity contribution in [3.63, 3.8) is 0 Å². The third kappa shape index (κ3) is 4.62. The molecule has 0 bridgehead atoms. The van der Waals surface area contributed by atoms with Gasteiger partial charge in [-0.3, -0.25) is 9.52 Å². The minimum Gasteiger partial charge on any atom is -0.497 e. The first-order valence-electron chi connectivity index (χ1n) is 9.09. The van der Waals surface area contributed by atoms with Crippen molar-refractivity contribution in [2.75, 3.05) is 31.2 Å².